The Morgan fingerprint density at radius 1 is 1.19 bits per heavy atom. The number of carbonyl (C=O) groups excluding carboxylic acids is 2. The first-order valence-electron chi connectivity index (χ1n) is 13.0. The summed E-state index contributed by atoms with van der Waals surface area (Å²) in [5.41, 5.74) is 6.67. The Balaban J connectivity index is 1.58. The fourth-order valence-electron chi connectivity index (χ4n) is 5.34. The number of rotatable bonds is 10. The third-order valence-corrected chi connectivity index (χ3v) is 7.48. The normalized spacial score (nSPS) is 20.4. The quantitative estimate of drug-likeness (QED) is 0.386. The van der Waals surface area contributed by atoms with Crippen LogP contribution in [-0.4, -0.2) is 63.0 Å². The smallest absolute Gasteiger partial charge is 0.406 e. The minimum atomic E-state index is -0.618. The third kappa shape index (κ3) is 8.49. The predicted octanol–water partition coefficient (Wildman–Crippen LogP) is 4.61. The number of benzene rings is 1. The molecule has 1 aliphatic carbocycles. The Kier molecular flexibility index (Phi) is 11.5. The molecule has 36 heavy (non-hydrogen) atoms. The first kappa shape index (κ1) is 28.5. The highest BCUT2D eigenvalue weighted by Crippen LogP contribution is 2.36. The third-order valence-electron chi connectivity index (χ3n) is 7.19. The molecule has 3 amide bonds. The largest absolute Gasteiger partial charge is 0.453 e. The molecule has 0 bridgehead atoms. The van der Waals surface area contributed by atoms with Gasteiger partial charge in [-0.05, 0) is 31.2 Å². The number of piperidine rings is 1. The van der Waals surface area contributed by atoms with Crippen molar-refractivity contribution in [2.45, 2.75) is 63.5 Å². The number of halogens is 2. The molecule has 1 unspecified atom stereocenters. The van der Waals surface area contributed by atoms with Gasteiger partial charge in [0, 0.05) is 43.7 Å². The van der Waals surface area contributed by atoms with Gasteiger partial charge in [-0.1, -0.05) is 55.8 Å². The first-order chi connectivity index (χ1) is 17.4. The van der Waals surface area contributed by atoms with Crippen molar-refractivity contribution < 1.29 is 23.5 Å². The van der Waals surface area contributed by atoms with Crippen LogP contribution in [0.3, 0.4) is 0 Å². The Hall–Kier alpha value is -2.10. The number of nitrogens with one attached hydrogen (secondary N) is 2. The number of likely N-dealkylation sites (tertiary alicyclic amines) is 1. The summed E-state index contributed by atoms with van der Waals surface area (Å²) in [6.45, 7) is 1.85. The molecule has 202 valence electrons. The average molecular weight is 527 g/mol. The highest BCUT2D eigenvalue weighted by atomic mass is 35.5. The van der Waals surface area contributed by atoms with Crippen LogP contribution in [0.1, 0.15) is 63.0 Å². The molecule has 3 atom stereocenters. The second kappa shape index (κ2) is 14.6. The van der Waals surface area contributed by atoms with Crippen LogP contribution in [0.4, 0.5) is 14.0 Å². The van der Waals surface area contributed by atoms with E-state index in [1.165, 1.54) is 45.3 Å². The van der Waals surface area contributed by atoms with Crippen LogP contribution in [0.2, 0.25) is 5.02 Å². The van der Waals surface area contributed by atoms with E-state index in [9.17, 15) is 14.0 Å². The Bertz CT molecular complexity index is 855. The Morgan fingerprint density at radius 3 is 2.72 bits per heavy atom. The average Bonchev–Trinajstić information content (AvgIpc) is 2.89. The van der Waals surface area contributed by atoms with E-state index < -0.39 is 18.0 Å². The zero-order valence-corrected chi connectivity index (χ0v) is 21.9. The van der Waals surface area contributed by atoms with Gasteiger partial charge in [-0.2, -0.15) is 0 Å². The molecule has 1 saturated heterocycles. The van der Waals surface area contributed by atoms with Crippen LogP contribution < -0.4 is 16.4 Å². The molecule has 10 heteroatoms. The van der Waals surface area contributed by atoms with Crippen LogP contribution in [0, 0.1) is 17.7 Å². The minimum Gasteiger partial charge on any atom is -0.453 e. The number of nitrogens with two attached hydrogens (primary N) is 1. The van der Waals surface area contributed by atoms with Gasteiger partial charge >= 0.3 is 12.1 Å². The molecule has 0 spiro atoms. The van der Waals surface area contributed by atoms with Crippen molar-refractivity contribution in [3.05, 3.63) is 34.6 Å². The maximum absolute atomic E-state index is 14.9. The maximum atomic E-state index is 14.9. The standard InChI is InChI=1S/C26H40ClFN4O4/c1-35-26(34)30-12-14-36-24(21-10-5-11-22(27)23(21)28)19-9-6-13-32(17-19)25(33)31-16-20(29)15-18-7-3-2-4-8-18/h5,10-11,18-20,24H,2-4,6-9,12-17,29H2,1H3,(H,30,34)(H,31,33)/t19-,20?,24-/m1/s1. The Morgan fingerprint density at radius 2 is 1.97 bits per heavy atom. The van der Waals surface area contributed by atoms with E-state index >= 15 is 0 Å². The van der Waals surface area contributed by atoms with E-state index in [4.69, 9.17) is 22.1 Å². The molecule has 1 saturated carbocycles. The number of nitrogens with zero attached hydrogens (tertiary/aromatic N) is 1. The van der Waals surface area contributed by atoms with Gasteiger partial charge in [-0.25, -0.2) is 14.0 Å². The lowest BCUT2D eigenvalue weighted by Crippen LogP contribution is -2.49. The van der Waals surface area contributed by atoms with Crippen molar-refractivity contribution in [2.75, 3.05) is 39.9 Å². The molecule has 1 heterocycles. The number of methoxy groups -OCH3 is 1. The minimum absolute atomic E-state index is 0.0196. The summed E-state index contributed by atoms with van der Waals surface area (Å²) in [6, 6.07) is 4.62. The molecular weight excluding hydrogens is 487 g/mol. The molecule has 8 nitrogen and oxygen atoms in total. The lowest BCUT2D eigenvalue weighted by Gasteiger charge is -2.37. The molecule has 2 fully saturated rings. The van der Waals surface area contributed by atoms with E-state index in [1.54, 1.807) is 17.0 Å². The van der Waals surface area contributed by atoms with Crippen LogP contribution in [-0.2, 0) is 9.47 Å². The van der Waals surface area contributed by atoms with Crippen molar-refractivity contribution in [2.24, 2.45) is 17.6 Å². The highest BCUT2D eigenvalue weighted by Gasteiger charge is 2.33. The monoisotopic (exact) mass is 526 g/mol. The predicted molar refractivity (Wildman–Crippen MR) is 137 cm³/mol. The fourth-order valence-corrected chi connectivity index (χ4v) is 5.52. The van der Waals surface area contributed by atoms with Gasteiger partial charge < -0.3 is 30.7 Å². The number of carbonyl (C=O) groups is 2. The number of ether oxygens (including phenoxy) is 2. The second-order valence-corrected chi connectivity index (χ2v) is 10.3. The van der Waals surface area contributed by atoms with E-state index in [2.05, 4.69) is 15.4 Å². The molecule has 4 N–H and O–H groups in total. The van der Waals surface area contributed by atoms with E-state index in [-0.39, 0.29) is 36.2 Å². The van der Waals surface area contributed by atoms with Gasteiger partial charge in [0.15, 0.2) is 0 Å². The molecular formula is C26H40ClFN4O4. The second-order valence-electron chi connectivity index (χ2n) is 9.89. The van der Waals surface area contributed by atoms with Crippen LogP contribution >= 0.6 is 11.6 Å². The zero-order chi connectivity index (χ0) is 25.9. The highest BCUT2D eigenvalue weighted by molar-refractivity contribution is 6.30. The molecule has 0 aromatic heterocycles. The first-order valence-corrected chi connectivity index (χ1v) is 13.4. The van der Waals surface area contributed by atoms with Crippen molar-refractivity contribution in [1.82, 2.24) is 15.5 Å². The molecule has 2 aliphatic rings. The zero-order valence-electron chi connectivity index (χ0n) is 21.1. The summed E-state index contributed by atoms with van der Waals surface area (Å²) >= 11 is 6.05. The lowest BCUT2D eigenvalue weighted by atomic mass is 9.85. The summed E-state index contributed by atoms with van der Waals surface area (Å²) in [6.07, 6.45) is 7.61. The van der Waals surface area contributed by atoms with Gasteiger partial charge in [0.2, 0.25) is 0 Å². The maximum Gasteiger partial charge on any atom is 0.406 e. The van der Waals surface area contributed by atoms with Gasteiger partial charge in [-0.3, -0.25) is 0 Å². The van der Waals surface area contributed by atoms with Crippen LogP contribution in [0.25, 0.3) is 0 Å². The van der Waals surface area contributed by atoms with Crippen molar-refractivity contribution in [3.8, 4) is 0 Å². The molecule has 0 radical (unpaired) electrons. The number of hydrogen-bond donors (Lipinski definition) is 3. The van der Waals surface area contributed by atoms with Gasteiger partial charge in [0.25, 0.3) is 0 Å². The summed E-state index contributed by atoms with van der Waals surface area (Å²) in [4.78, 5) is 26.0. The van der Waals surface area contributed by atoms with Crippen molar-refractivity contribution >= 4 is 23.7 Å². The fraction of sp³-hybridized carbons (Fsp3) is 0.692. The number of amides is 3. The van der Waals surface area contributed by atoms with E-state index in [0.29, 0.717) is 31.1 Å². The number of urea groups is 1. The summed E-state index contributed by atoms with van der Waals surface area (Å²) < 4.78 is 25.6. The number of hydrogen-bond acceptors (Lipinski definition) is 5. The SMILES string of the molecule is COC(=O)NCCO[C@@H](c1cccc(Cl)c1F)[C@@H]1CCCN(C(=O)NCC(N)CC2CCCCC2)C1. The summed E-state index contributed by atoms with van der Waals surface area (Å²) in [5.74, 6) is -0.00366. The van der Waals surface area contributed by atoms with E-state index in [1.807, 2.05) is 0 Å². The van der Waals surface area contributed by atoms with E-state index in [0.717, 1.165) is 19.3 Å². The molecule has 1 aliphatic heterocycles. The molecule has 1 aromatic carbocycles. The number of alkyl carbamates (subject to hydrolysis) is 1. The molecule has 3 rings (SSSR count). The van der Waals surface area contributed by atoms with Crippen LogP contribution in [0.15, 0.2) is 18.2 Å². The Labute approximate surface area is 218 Å². The van der Waals surface area contributed by atoms with Crippen LogP contribution in [0.5, 0.6) is 0 Å². The van der Waals surface area contributed by atoms with Crippen molar-refractivity contribution in [3.63, 3.8) is 0 Å². The topological polar surface area (TPSA) is 106 Å². The summed E-state index contributed by atoms with van der Waals surface area (Å²) in [7, 11) is 1.28. The van der Waals surface area contributed by atoms with Gasteiger partial charge in [0.1, 0.15) is 5.82 Å². The van der Waals surface area contributed by atoms with Crippen molar-refractivity contribution in [1.29, 1.82) is 0 Å². The van der Waals surface area contributed by atoms with Gasteiger partial charge in [-0.15, -0.1) is 0 Å². The van der Waals surface area contributed by atoms with Gasteiger partial charge in [0.05, 0.1) is 24.8 Å². The lowest BCUT2D eigenvalue weighted by molar-refractivity contribution is -0.0104. The summed E-state index contributed by atoms with van der Waals surface area (Å²) in [5, 5.41) is 5.58. The molecule has 1 aromatic rings.